The van der Waals surface area contributed by atoms with Crippen molar-refractivity contribution in [1.29, 1.82) is 0 Å². The summed E-state index contributed by atoms with van der Waals surface area (Å²) in [6, 6.07) is 6.95. The number of sulfone groups is 1. The Morgan fingerprint density at radius 2 is 1.80 bits per heavy atom. The summed E-state index contributed by atoms with van der Waals surface area (Å²) in [5.74, 6) is -0.0573. The van der Waals surface area contributed by atoms with Crippen LogP contribution in [0.1, 0.15) is 28.3 Å². The zero-order valence-corrected chi connectivity index (χ0v) is 13.5. The van der Waals surface area contributed by atoms with Crippen molar-refractivity contribution in [3.8, 4) is 0 Å². The smallest absolute Gasteiger partial charge is 0.189 e. The van der Waals surface area contributed by atoms with Crippen molar-refractivity contribution in [2.75, 3.05) is 5.75 Å². The van der Waals surface area contributed by atoms with Crippen LogP contribution in [0, 0.1) is 20.8 Å². The Balaban J connectivity index is 2.32. The van der Waals surface area contributed by atoms with Gasteiger partial charge in [-0.25, -0.2) is 8.42 Å². The second-order valence-electron chi connectivity index (χ2n) is 5.13. The Kier molecular flexibility index (Phi) is 4.32. The van der Waals surface area contributed by atoms with E-state index in [0.717, 1.165) is 22.3 Å². The van der Waals surface area contributed by atoms with Gasteiger partial charge in [0.25, 0.3) is 0 Å². The summed E-state index contributed by atoms with van der Waals surface area (Å²) in [6.45, 7) is 5.98. The standard InChI is InChI=1S/C15H19NO2S2/c1-10-7-11(2)15(12(3)8-10)13(16)9-20(17,18)14-5-4-6-19-14/h4-8,13H,9,16H2,1-3H3. The van der Waals surface area contributed by atoms with E-state index in [4.69, 9.17) is 5.73 Å². The molecule has 2 N–H and O–H groups in total. The summed E-state index contributed by atoms with van der Waals surface area (Å²) >= 11 is 1.23. The molecule has 0 saturated carbocycles. The molecule has 0 radical (unpaired) electrons. The molecule has 0 aliphatic heterocycles. The molecule has 1 atom stereocenters. The summed E-state index contributed by atoms with van der Waals surface area (Å²) in [5.41, 5.74) is 10.4. The molecule has 2 rings (SSSR count). The van der Waals surface area contributed by atoms with Crippen LogP contribution in [0.3, 0.4) is 0 Å². The maximum Gasteiger partial charge on any atom is 0.189 e. The molecule has 1 aromatic heterocycles. The Morgan fingerprint density at radius 1 is 1.20 bits per heavy atom. The molecule has 5 heteroatoms. The molecule has 0 fully saturated rings. The van der Waals surface area contributed by atoms with Crippen molar-refractivity contribution in [3.05, 3.63) is 51.9 Å². The topological polar surface area (TPSA) is 60.2 Å². The van der Waals surface area contributed by atoms with Gasteiger partial charge in [-0.3, -0.25) is 0 Å². The number of aryl methyl sites for hydroxylation is 3. The fourth-order valence-electron chi connectivity index (χ4n) is 2.62. The fraction of sp³-hybridized carbons (Fsp3) is 0.333. The molecular weight excluding hydrogens is 290 g/mol. The van der Waals surface area contributed by atoms with Gasteiger partial charge in [-0.05, 0) is 48.9 Å². The molecule has 0 aliphatic rings. The van der Waals surface area contributed by atoms with Crippen molar-refractivity contribution >= 4 is 21.2 Å². The molecule has 1 aromatic carbocycles. The van der Waals surface area contributed by atoms with E-state index >= 15 is 0 Å². The lowest BCUT2D eigenvalue weighted by Crippen LogP contribution is -2.23. The first-order valence-electron chi connectivity index (χ1n) is 6.41. The largest absolute Gasteiger partial charge is 0.323 e. The molecule has 0 bridgehead atoms. The van der Waals surface area contributed by atoms with Gasteiger partial charge in [0.15, 0.2) is 9.84 Å². The van der Waals surface area contributed by atoms with Crippen molar-refractivity contribution < 1.29 is 8.42 Å². The van der Waals surface area contributed by atoms with Crippen LogP contribution in [0.15, 0.2) is 33.9 Å². The Hall–Kier alpha value is -1.17. The van der Waals surface area contributed by atoms with Crippen LogP contribution in [-0.4, -0.2) is 14.2 Å². The fourth-order valence-corrected chi connectivity index (χ4v) is 5.11. The van der Waals surface area contributed by atoms with E-state index in [2.05, 4.69) is 0 Å². The SMILES string of the molecule is Cc1cc(C)c(C(N)CS(=O)(=O)c2cccs2)c(C)c1. The average Bonchev–Trinajstić information content (AvgIpc) is 2.79. The zero-order chi connectivity index (χ0) is 14.9. The van der Waals surface area contributed by atoms with Crippen LogP contribution in [-0.2, 0) is 9.84 Å². The second-order valence-corrected chi connectivity index (χ2v) is 8.34. The summed E-state index contributed by atoms with van der Waals surface area (Å²) in [4.78, 5) is 0. The van der Waals surface area contributed by atoms with Gasteiger partial charge in [0.2, 0.25) is 0 Å². The third-order valence-electron chi connectivity index (χ3n) is 3.31. The van der Waals surface area contributed by atoms with Crippen LogP contribution < -0.4 is 5.73 Å². The van der Waals surface area contributed by atoms with E-state index in [9.17, 15) is 8.42 Å². The van der Waals surface area contributed by atoms with Gasteiger partial charge in [0, 0.05) is 6.04 Å². The van der Waals surface area contributed by atoms with E-state index in [1.807, 2.05) is 32.9 Å². The Morgan fingerprint density at radius 3 is 2.30 bits per heavy atom. The molecule has 2 aromatic rings. The monoisotopic (exact) mass is 309 g/mol. The Labute approximate surface area is 124 Å². The van der Waals surface area contributed by atoms with Crippen LogP contribution in [0.4, 0.5) is 0 Å². The molecule has 3 nitrogen and oxygen atoms in total. The highest BCUT2D eigenvalue weighted by molar-refractivity contribution is 7.93. The summed E-state index contributed by atoms with van der Waals surface area (Å²) in [5, 5.41) is 1.76. The maximum atomic E-state index is 12.3. The Bertz CT molecular complexity index is 680. The number of thiophene rings is 1. The van der Waals surface area contributed by atoms with E-state index < -0.39 is 15.9 Å². The molecule has 0 aliphatic carbocycles. The van der Waals surface area contributed by atoms with Crippen LogP contribution in [0.5, 0.6) is 0 Å². The van der Waals surface area contributed by atoms with Gasteiger partial charge in [0.05, 0.1) is 5.75 Å². The average molecular weight is 309 g/mol. The molecular formula is C15H19NO2S2. The van der Waals surface area contributed by atoms with Gasteiger partial charge >= 0.3 is 0 Å². The van der Waals surface area contributed by atoms with Gasteiger partial charge in [-0.1, -0.05) is 23.8 Å². The van der Waals surface area contributed by atoms with Gasteiger partial charge in [0.1, 0.15) is 4.21 Å². The predicted molar refractivity (Wildman–Crippen MR) is 84.0 cm³/mol. The minimum Gasteiger partial charge on any atom is -0.323 e. The highest BCUT2D eigenvalue weighted by atomic mass is 32.2. The van der Waals surface area contributed by atoms with Crippen molar-refractivity contribution in [1.82, 2.24) is 0 Å². The summed E-state index contributed by atoms with van der Waals surface area (Å²) < 4.78 is 25.0. The minimum atomic E-state index is -3.31. The van der Waals surface area contributed by atoms with Crippen LogP contribution >= 0.6 is 11.3 Å². The van der Waals surface area contributed by atoms with Gasteiger partial charge < -0.3 is 5.73 Å². The molecule has 0 spiro atoms. The molecule has 0 saturated heterocycles. The maximum absolute atomic E-state index is 12.3. The van der Waals surface area contributed by atoms with Gasteiger partial charge in [-0.15, -0.1) is 11.3 Å². The summed E-state index contributed by atoms with van der Waals surface area (Å²) in [6.07, 6.45) is 0. The third-order valence-corrected chi connectivity index (χ3v) is 6.57. The minimum absolute atomic E-state index is 0.0573. The molecule has 20 heavy (non-hydrogen) atoms. The predicted octanol–water partition coefficient (Wildman–Crippen LogP) is 3.15. The lowest BCUT2D eigenvalue weighted by atomic mass is 9.95. The molecule has 1 unspecified atom stereocenters. The van der Waals surface area contributed by atoms with E-state index in [-0.39, 0.29) is 5.75 Å². The quantitative estimate of drug-likeness (QED) is 0.944. The molecule has 1 heterocycles. The van der Waals surface area contributed by atoms with Crippen molar-refractivity contribution in [2.45, 2.75) is 31.0 Å². The number of hydrogen-bond donors (Lipinski definition) is 1. The van der Waals surface area contributed by atoms with Gasteiger partial charge in [-0.2, -0.15) is 0 Å². The number of nitrogens with two attached hydrogens (primary N) is 1. The van der Waals surface area contributed by atoms with Crippen molar-refractivity contribution in [3.63, 3.8) is 0 Å². The van der Waals surface area contributed by atoms with E-state index in [0.29, 0.717) is 4.21 Å². The first kappa shape index (κ1) is 15.2. The lowest BCUT2D eigenvalue weighted by Gasteiger charge is -2.18. The molecule has 0 amide bonds. The first-order chi connectivity index (χ1) is 9.31. The lowest BCUT2D eigenvalue weighted by molar-refractivity contribution is 0.590. The summed E-state index contributed by atoms with van der Waals surface area (Å²) in [7, 11) is -3.31. The highest BCUT2D eigenvalue weighted by Gasteiger charge is 2.23. The van der Waals surface area contributed by atoms with Crippen LogP contribution in [0.2, 0.25) is 0 Å². The third kappa shape index (κ3) is 3.11. The molecule has 108 valence electrons. The number of hydrogen-bond acceptors (Lipinski definition) is 4. The van der Waals surface area contributed by atoms with E-state index in [1.165, 1.54) is 11.3 Å². The second kappa shape index (κ2) is 5.68. The first-order valence-corrected chi connectivity index (χ1v) is 8.94. The van der Waals surface area contributed by atoms with Crippen LogP contribution in [0.25, 0.3) is 0 Å². The highest BCUT2D eigenvalue weighted by Crippen LogP contribution is 2.26. The van der Waals surface area contributed by atoms with Crippen molar-refractivity contribution in [2.24, 2.45) is 5.73 Å². The zero-order valence-electron chi connectivity index (χ0n) is 11.9. The normalized spacial score (nSPS) is 13.4. The van der Waals surface area contributed by atoms with E-state index in [1.54, 1.807) is 17.5 Å². The number of rotatable bonds is 4. The number of benzene rings is 1.